The number of nitrogens with two attached hydrogens (primary N) is 1. The highest BCUT2D eigenvalue weighted by Crippen LogP contribution is 2.26. The molecule has 2 aromatic heterocycles. The first-order valence-electron chi connectivity index (χ1n) is 34.0. The minimum atomic E-state index is 0.298. The van der Waals surface area contributed by atoms with Crippen LogP contribution in [-0.2, 0) is 45.2 Å². The molecule has 17 nitrogen and oxygen atoms in total. The average Bonchev–Trinajstić information content (AvgIpc) is 4.02. The van der Waals surface area contributed by atoms with E-state index in [1.807, 2.05) is 73.1 Å². The number of rotatable bonds is 24. The van der Waals surface area contributed by atoms with Crippen LogP contribution in [0.3, 0.4) is 0 Å². The number of nitrogens with zero attached hydrogens (tertiary/aromatic N) is 9. The second kappa shape index (κ2) is 35.9. The fourth-order valence-electron chi connectivity index (χ4n) is 12.9. The highest BCUT2D eigenvalue weighted by molar-refractivity contribution is 6.08. The molecule has 0 spiro atoms. The van der Waals surface area contributed by atoms with Crippen LogP contribution >= 0.6 is 0 Å². The molecular formula is C76H98N14O3. The maximum atomic E-state index is 9.62. The number of phenolic OH excluding ortho intramolecular Hbond substituents is 3. The zero-order chi connectivity index (χ0) is 64.4. The van der Waals surface area contributed by atoms with Crippen molar-refractivity contribution in [2.24, 2.45) is 21.6 Å². The van der Waals surface area contributed by atoms with Crippen molar-refractivity contribution < 1.29 is 15.3 Å². The summed E-state index contributed by atoms with van der Waals surface area (Å²) >= 11 is 0. The Morgan fingerprint density at radius 1 is 0.624 bits per heavy atom. The van der Waals surface area contributed by atoms with Crippen LogP contribution in [-0.4, -0.2) is 165 Å². The van der Waals surface area contributed by atoms with E-state index in [0.717, 1.165) is 220 Å². The predicted molar refractivity (Wildman–Crippen MR) is 377 cm³/mol. The van der Waals surface area contributed by atoms with Crippen LogP contribution in [0, 0.1) is 5.92 Å². The van der Waals surface area contributed by atoms with Gasteiger partial charge in [-0.05, 0) is 183 Å². The monoisotopic (exact) mass is 1250 g/mol. The maximum Gasteiger partial charge on any atom is 0.218 e. The summed E-state index contributed by atoms with van der Waals surface area (Å²) in [5, 5.41) is 42.4. The molecule has 1 unspecified atom stereocenters. The number of guanidine groups is 1. The lowest BCUT2D eigenvalue weighted by atomic mass is 9.93. The third kappa shape index (κ3) is 21.8. The van der Waals surface area contributed by atoms with E-state index < -0.39 is 0 Å². The van der Waals surface area contributed by atoms with Gasteiger partial charge in [-0.3, -0.25) is 19.7 Å². The molecule has 3 atom stereocenters. The fourth-order valence-corrected chi connectivity index (χ4v) is 12.9. The van der Waals surface area contributed by atoms with Gasteiger partial charge in [-0.2, -0.15) is 0 Å². The van der Waals surface area contributed by atoms with E-state index >= 15 is 0 Å². The van der Waals surface area contributed by atoms with Crippen molar-refractivity contribution in [2.45, 2.75) is 110 Å². The van der Waals surface area contributed by atoms with Gasteiger partial charge in [0.25, 0.3) is 0 Å². The number of nitrogens with one attached hydrogen (secondary N) is 4. The molecule has 5 aliphatic rings. The summed E-state index contributed by atoms with van der Waals surface area (Å²) in [4.78, 5) is 35.6. The summed E-state index contributed by atoms with van der Waals surface area (Å²) in [7, 11) is 0. The normalized spacial score (nSPS) is 18.5. The SMILES string of the molecule is CCN(Cc1cccc(-c2ccnc(CCCc3cccc(O)c3)n2)c1)C[C@@H]1CCNC1.C[C@H]1CNCCN1Cc1cccc(-c2ccnc(CCCc3cccc(O)c3)n2)c1.NCC1CNCCN1CC1=CCCC(C2=NC(NCCc3ccc(O)cc3)=NCC2)=C1. The zero-order valence-corrected chi connectivity index (χ0v) is 54.8. The molecule has 3 fully saturated rings. The molecule has 0 amide bonds. The molecule has 12 rings (SSSR count). The summed E-state index contributed by atoms with van der Waals surface area (Å²) in [6.45, 7) is 20.5. The molecule has 17 heteroatoms. The number of aromatic hydroxyl groups is 3. The summed E-state index contributed by atoms with van der Waals surface area (Å²) in [5.74, 6) is 4.19. The van der Waals surface area contributed by atoms with E-state index in [9.17, 15) is 15.3 Å². The Balaban J connectivity index is 0.000000153. The van der Waals surface area contributed by atoms with E-state index in [1.165, 1.54) is 40.0 Å². The van der Waals surface area contributed by atoms with E-state index in [1.54, 1.807) is 24.3 Å². The lowest BCUT2D eigenvalue weighted by molar-refractivity contribution is 0.165. The maximum absolute atomic E-state index is 9.62. The highest BCUT2D eigenvalue weighted by Gasteiger charge is 2.24. The lowest BCUT2D eigenvalue weighted by Gasteiger charge is -2.36. The third-order valence-corrected chi connectivity index (χ3v) is 18.1. The highest BCUT2D eigenvalue weighted by atomic mass is 16.3. The number of aryl methyl sites for hydroxylation is 4. The smallest absolute Gasteiger partial charge is 0.218 e. The number of piperazine rings is 2. The van der Waals surface area contributed by atoms with Gasteiger partial charge in [-0.25, -0.2) is 24.9 Å². The van der Waals surface area contributed by atoms with Crippen molar-refractivity contribution in [1.82, 2.24) is 55.9 Å². The van der Waals surface area contributed by atoms with Gasteiger partial charge in [0, 0.05) is 146 Å². The van der Waals surface area contributed by atoms with Gasteiger partial charge in [-0.1, -0.05) is 91.9 Å². The Kier molecular flexibility index (Phi) is 26.2. The van der Waals surface area contributed by atoms with Crippen molar-refractivity contribution in [2.75, 3.05) is 91.6 Å². The zero-order valence-electron chi connectivity index (χ0n) is 54.8. The number of hydrogen-bond acceptors (Lipinski definition) is 17. The van der Waals surface area contributed by atoms with Gasteiger partial charge >= 0.3 is 0 Å². The minimum absolute atomic E-state index is 0.298. The van der Waals surface area contributed by atoms with Gasteiger partial charge in [0.2, 0.25) is 5.96 Å². The second-order valence-electron chi connectivity index (χ2n) is 25.3. The molecule has 5 aromatic carbocycles. The standard InChI is InChI=1S/C27H34N4O.C25H30N4O.C24H34N6O/c1-2-31(20-23-12-14-28-18-23)19-22-8-3-9-24(16-22)26-13-15-29-27(30-26)11-5-7-21-6-4-10-25(32)17-21;1-19-17-26-13-14-29(19)18-21-7-2-8-22(15-21)24-11-12-27-25(28-24)10-4-6-20-5-3-9-23(30)16-20;25-15-21-16-26-12-13-30(21)17-19-2-1-3-20(14-19)23-9-11-28-24(29-23)27-10-8-18-4-6-22(31)7-5-18/h3-4,6,8-10,13,15-17,23,28,32H,2,5,7,11-12,14,18-20H2,1H3;2-3,5,7-9,11-12,15-16,19,26,30H,4,6,10,13-14,17-18H2,1H3;2,4-7,14,21,26,31H,1,3,8-13,15-17,25H2,(H,27,28)/t23-;19-;/m10./s1. The molecular weight excluding hydrogens is 1160 g/mol. The van der Waals surface area contributed by atoms with Crippen molar-refractivity contribution in [3.63, 3.8) is 0 Å². The van der Waals surface area contributed by atoms with Crippen molar-refractivity contribution in [1.29, 1.82) is 0 Å². The van der Waals surface area contributed by atoms with Crippen molar-refractivity contribution in [3.8, 4) is 39.8 Å². The third-order valence-electron chi connectivity index (χ3n) is 18.1. The number of aromatic nitrogens is 4. The largest absolute Gasteiger partial charge is 0.508 e. The number of aliphatic imine (C=N–C) groups is 2. The molecule has 0 bridgehead atoms. The molecule has 3 saturated heterocycles. The van der Waals surface area contributed by atoms with E-state index in [-0.39, 0.29) is 0 Å². The molecule has 0 radical (unpaired) electrons. The van der Waals surface area contributed by atoms with E-state index in [4.69, 9.17) is 20.7 Å². The summed E-state index contributed by atoms with van der Waals surface area (Å²) in [6, 6.07) is 44.7. The summed E-state index contributed by atoms with van der Waals surface area (Å²) < 4.78 is 0. The number of phenols is 3. The first kappa shape index (κ1) is 67.9. The minimum Gasteiger partial charge on any atom is -0.508 e. The van der Waals surface area contributed by atoms with Gasteiger partial charge in [-0.15, -0.1) is 0 Å². The molecule has 7 aromatic rings. The Morgan fingerprint density at radius 3 is 1.90 bits per heavy atom. The summed E-state index contributed by atoms with van der Waals surface area (Å²) in [5.41, 5.74) is 20.3. The average molecular weight is 1260 g/mol. The Bertz CT molecular complexity index is 3580. The lowest BCUT2D eigenvalue weighted by Crippen LogP contribution is -2.54. The van der Waals surface area contributed by atoms with Crippen LogP contribution in [0.4, 0.5) is 0 Å². The molecule has 6 heterocycles. The molecule has 93 heavy (non-hydrogen) atoms. The fraction of sp³-hybridized carbons (Fsp3) is 0.421. The first-order chi connectivity index (χ1) is 45.6. The number of hydrogen-bond donors (Lipinski definition) is 8. The molecule has 1 aliphatic carbocycles. The van der Waals surface area contributed by atoms with Gasteiger partial charge in [0.1, 0.15) is 28.9 Å². The van der Waals surface area contributed by atoms with Crippen LogP contribution in [0.2, 0.25) is 0 Å². The predicted octanol–water partition coefficient (Wildman–Crippen LogP) is 9.88. The van der Waals surface area contributed by atoms with Crippen LogP contribution in [0.5, 0.6) is 17.2 Å². The van der Waals surface area contributed by atoms with Crippen LogP contribution < -0.4 is 27.0 Å². The van der Waals surface area contributed by atoms with Gasteiger partial charge in [0.05, 0.1) is 11.4 Å². The Morgan fingerprint density at radius 2 is 1.26 bits per heavy atom. The Labute approximate surface area is 551 Å². The molecule has 9 N–H and O–H groups in total. The quantitative estimate of drug-likeness (QED) is 0.0282. The molecule has 490 valence electrons. The van der Waals surface area contributed by atoms with Crippen LogP contribution in [0.25, 0.3) is 22.5 Å². The van der Waals surface area contributed by atoms with E-state index in [0.29, 0.717) is 35.9 Å². The van der Waals surface area contributed by atoms with Gasteiger partial charge in [0.15, 0.2) is 0 Å². The van der Waals surface area contributed by atoms with E-state index in [2.05, 4.69) is 125 Å². The van der Waals surface area contributed by atoms with Crippen LogP contribution in [0.1, 0.15) is 91.8 Å². The Hall–Kier alpha value is -8.00. The topological polar surface area (TPSA) is 221 Å². The number of benzene rings is 5. The number of allylic oxidation sites excluding steroid dienone is 2. The first-order valence-corrected chi connectivity index (χ1v) is 34.0. The van der Waals surface area contributed by atoms with Crippen molar-refractivity contribution in [3.05, 3.63) is 209 Å². The second-order valence-corrected chi connectivity index (χ2v) is 25.3. The molecule has 4 aliphatic heterocycles. The van der Waals surface area contributed by atoms with Crippen molar-refractivity contribution >= 4 is 11.7 Å². The van der Waals surface area contributed by atoms with Crippen LogP contribution in [0.15, 0.2) is 179 Å². The molecule has 0 saturated carbocycles. The van der Waals surface area contributed by atoms with Gasteiger partial charge < -0.3 is 42.3 Å². The summed E-state index contributed by atoms with van der Waals surface area (Å²) in [6.07, 6.45) is 19.0.